The molecule has 1 N–H and O–H groups in total. The molecular formula is C20H25N3O3. The van der Waals surface area contributed by atoms with E-state index in [-0.39, 0.29) is 18.6 Å². The lowest BCUT2D eigenvalue weighted by Gasteiger charge is -2.34. The summed E-state index contributed by atoms with van der Waals surface area (Å²) >= 11 is 0. The zero-order valence-corrected chi connectivity index (χ0v) is 15.3. The van der Waals surface area contributed by atoms with E-state index < -0.39 is 0 Å². The number of amides is 1. The van der Waals surface area contributed by atoms with Gasteiger partial charge in [-0.1, -0.05) is 18.2 Å². The molecule has 1 aromatic heterocycles. The van der Waals surface area contributed by atoms with Crippen molar-refractivity contribution in [3.05, 3.63) is 48.2 Å². The molecule has 0 aliphatic carbocycles. The molecule has 1 saturated heterocycles. The summed E-state index contributed by atoms with van der Waals surface area (Å²) in [4.78, 5) is 19.0. The van der Waals surface area contributed by atoms with Crippen molar-refractivity contribution >= 4 is 11.7 Å². The van der Waals surface area contributed by atoms with Gasteiger partial charge in [-0.15, -0.1) is 0 Å². The van der Waals surface area contributed by atoms with Crippen molar-refractivity contribution < 1.29 is 14.3 Å². The third-order valence-electron chi connectivity index (χ3n) is 4.43. The van der Waals surface area contributed by atoms with Gasteiger partial charge in [0.2, 0.25) is 0 Å². The quantitative estimate of drug-likeness (QED) is 0.863. The molecule has 1 aliphatic heterocycles. The number of carbonyl (C=O) groups is 1. The Morgan fingerprint density at radius 1 is 1.27 bits per heavy atom. The fraction of sp³-hybridized carbons (Fsp3) is 0.400. The lowest BCUT2D eigenvalue weighted by atomic mass is 10.1. The number of aromatic nitrogens is 1. The summed E-state index contributed by atoms with van der Waals surface area (Å²) in [6.07, 6.45) is 3.86. The number of pyridine rings is 1. The highest BCUT2D eigenvalue weighted by molar-refractivity contribution is 5.78. The molecule has 1 amide bonds. The number of carbonyl (C=O) groups excluding carboxylic acids is 1. The van der Waals surface area contributed by atoms with Crippen LogP contribution in [0.5, 0.6) is 11.5 Å². The SMILES string of the molecule is COc1ccccc1OCC(=O)NC1CCCN(c2ccc(C)cn2)C1. The van der Waals surface area contributed by atoms with Crippen molar-refractivity contribution in [3.8, 4) is 11.5 Å². The Morgan fingerprint density at radius 3 is 2.81 bits per heavy atom. The first-order valence-electron chi connectivity index (χ1n) is 8.88. The topological polar surface area (TPSA) is 63.7 Å². The molecule has 6 nitrogen and oxygen atoms in total. The van der Waals surface area contributed by atoms with Crippen LogP contribution in [0.2, 0.25) is 0 Å². The molecule has 1 atom stereocenters. The van der Waals surface area contributed by atoms with Gasteiger partial charge in [-0.2, -0.15) is 0 Å². The standard InChI is InChI=1S/C20H25N3O3/c1-15-9-10-19(21-12-15)23-11-5-6-16(13-23)22-20(24)14-26-18-8-4-3-7-17(18)25-2/h3-4,7-10,12,16H,5-6,11,13-14H2,1-2H3,(H,22,24). The van der Waals surface area contributed by atoms with Crippen LogP contribution < -0.4 is 19.7 Å². The molecule has 0 spiro atoms. The molecule has 0 bridgehead atoms. The lowest BCUT2D eigenvalue weighted by Crippen LogP contribution is -2.49. The monoisotopic (exact) mass is 355 g/mol. The predicted octanol–water partition coefficient (Wildman–Crippen LogP) is 2.56. The second kappa shape index (κ2) is 8.56. The van der Waals surface area contributed by atoms with Gasteiger partial charge >= 0.3 is 0 Å². The summed E-state index contributed by atoms with van der Waals surface area (Å²) in [5, 5.41) is 3.06. The normalized spacial score (nSPS) is 16.8. The van der Waals surface area contributed by atoms with E-state index in [1.807, 2.05) is 31.3 Å². The summed E-state index contributed by atoms with van der Waals surface area (Å²) in [5.41, 5.74) is 1.14. The predicted molar refractivity (Wildman–Crippen MR) is 101 cm³/mol. The van der Waals surface area contributed by atoms with Gasteiger partial charge in [0.15, 0.2) is 18.1 Å². The van der Waals surface area contributed by atoms with Crippen LogP contribution in [-0.4, -0.2) is 43.7 Å². The first kappa shape index (κ1) is 18.0. The van der Waals surface area contributed by atoms with Crippen LogP contribution in [0.4, 0.5) is 5.82 Å². The minimum Gasteiger partial charge on any atom is -0.493 e. The minimum absolute atomic E-state index is 0.0281. The van der Waals surface area contributed by atoms with E-state index in [4.69, 9.17) is 9.47 Å². The number of piperidine rings is 1. The minimum atomic E-state index is -0.125. The number of ether oxygens (including phenoxy) is 2. The average molecular weight is 355 g/mol. The molecule has 138 valence electrons. The van der Waals surface area contributed by atoms with Gasteiger partial charge in [0.1, 0.15) is 5.82 Å². The summed E-state index contributed by atoms with van der Waals surface area (Å²) in [6, 6.07) is 11.5. The van der Waals surface area contributed by atoms with Crippen molar-refractivity contribution in [2.75, 3.05) is 31.7 Å². The highest BCUT2D eigenvalue weighted by Crippen LogP contribution is 2.25. The van der Waals surface area contributed by atoms with E-state index >= 15 is 0 Å². The Balaban J connectivity index is 1.51. The molecule has 6 heteroatoms. The van der Waals surface area contributed by atoms with E-state index in [0.29, 0.717) is 11.5 Å². The number of hydrogen-bond donors (Lipinski definition) is 1. The number of methoxy groups -OCH3 is 1. The number of rotatable bonds is 6. The van der Waals surface area contributed by atoms with Gasteiger partial charge in [-0.3, -0.25) is 4.79 Å². The van der Waals surface area contributed by atoms with Crippen LogP contribution >= 0.6 is 0 Å². The molecule has 0 saturated carbocycles. The Morgan fingerprint density at radius 2 is 2.08 bits per heavy atom. The largest absolute Gasteiger partial charge is 0.493 e. The van der Waals surface area contributed by atoms with E-state index in [2.05, 4.69) is 21.3 Å². The van der Waals surface area contributed by atoms with E-state index in [0.717, 1.165) is 37.3 Å². The van der Waals surface area contributed by atoms with E-state index in [1.54, 1.807) is 19.2 Å². The average Bonchev–Trinajstić information content (AvgIpc) is 2.67. The Labute approximate surface area is 154 Å². The maximum absolute atomic E-state index is 12.3. The first-order chi connectivity index (χ1) is 12.7. The van der Waals surface area contributed by atoms with Crippen LogP contribution in [0.15, 0.2) is 42.6 Å². The Kier molecular flexibility index (Phi) is 5.94. The zero-order chi connectivity index (χ0) is 18.4. The molecule has 0 radical (unpaired) electrons. The highest BCUT2D eigenvalue weighted by Gasteiger charge is 2.22. The molecule has 2 heterocycles. The van der Waals surface area contributed by atoms with Crippen molar-refractivity contribution in [3.63, 3.8) is 0 Å². The maximum Gasteiger partial charge on any atom is 0.258 e. The third-order valence-corrected chi connectivity index (χ3v) is 4.43. The molecule has 3 rings (SSSR count). The summed E-state index contributed by atoms with van der Waals surface area (Å²) in [5.74, 6) is 2.02. The summed E-state index contributed by atoms with van der Waals surface area (Å²) < 4.78 is 10.8. The van der Waals surface area contributed by atoms with Crippen LogP contribution in [0.25, 0.3) is 0 Å². The summed E-state index contributed by atoms with van der Waals surface area (Å²) in [6.45, 7) is 3.72. The number of hydrogen-bond acceptors (Lipinski definition) is 5. The second-order valence-electron chi connectivity index (χ2n) is 6.49. The Hall–Kier alpha value is -2.76. The van der Waals surface area contributed by atoms with Gasteiger partial charge in [0.05, 0.1) is 7.11 Å². The van der Waals surface area contributed by atoms with Crippen molar-refractivity contribution in [2.45, 2.75) is 25.8 Å². The van der Waals surface area contributed by atoms with E-state index in [9.17, 15) is 4.79 Å². The van der Waals surface area contributed by atoms with Gasteiger partial charge in [-0.05, 0) is 43.5 Å². The fourth-order valence-corrected chi connectivity index (χ4v) is 3.10. The highest BCUT2D eigenvalue weighted by atomic mass is 16.5. The number of nitrogens with one attached hydrogen (secondary N) is 1. The van der Waals surface area contributed by atoms with Gasteiger partial charge in [0.25, 0.3) is 5.91 Å². The third kappa shape index (κ3) is 4.65. The molecular weight excluding hydrogens is 330 g/mol. The number of nitrogens with zero attached hydrogens (tertiary/aromatic N) is 2. The molecule has 1 aromatic carbocycles. The molecule has 1 aliphatic rings. The number of para-hydroxylation sites is 2. The molecule has 1 fully saturated rings. The van der Waals surface area contributed by atoms with Crippen LogP contribution in [0.1, 0.15) is 18.4 Å². The molecule has 2 aromatic rings. The Bertz CT molecular complexity index is 733. The number of benzene rings is 1. The van der Waals surface area contributed by atoms with Gasteiger partial charge in [0, 0.05) is 25.3 Å². The van der Waals surface area contributed by atoms with Gasteiger partial charge in [-0.25, -0.2) is 4.98 Å². The number of anilines is 1. The molecule has 1 unspecified atom stereocenters. The van der Waals surface area contributed by atoms with Crippen molar-refractivity contribution in [1.29, 1.82) is 0 Å². The number of aryl methyl sites for hydroxylation is 1. The smallest absolute Gasteiger partial charge is 0.258 e. The van der Waals surface area contributed by atoms with E-state index in [1.165, 1.54) is 0 Å². The lowest BCUT2D eigenvalue weighted by molar-refractivity contribution is -0.123. The molecule has 26 heavy (non-hydrogen) atoms. The second-order valence-corrected chi connectivity index (χ2v) is 6.49. The van der Waals surface area contributed by atoms with Crippen LogP contribution in [0, 0.1) is 6.92 Å². The van der Waals surface area contributed by atoms with Crippen LogP contribution in [0.3, 0.4) is 0 Å². The van der Waals surface area contributed by atoms with Crippen molar-refractivity contribution in [1.82, 2.24) is 10.3 Å². The van der Waals surface area contributed by atoms with Gasteiger partial charge < -0.3 is 19.7 Å². The fourth-order valence-electron chi connectivity index (χ4n) is 3.10. The zero-order valence-electron chi connectivity index (χ0n) is 15.3. The summed E-state index contributed by atoms with van der Waals surface area (Å²) in [7, 11) is 1.58. The van der Waals surface area contributed by atoms with Crippen molar-refractivity contribution in [2.24, 2.45) is 0 Å². The van der Waals surface area contributed by atoms with Crippen LogP contribution in [-0.2, 0) is 4.79 Å². The maximum atomic E-state index is 12.3. The first-order valence-corrected chi connectivity index (χ1v) is 8.88.